The summed E-state index contributed by atoms with van der Waals surface area (Å²) in [6.45, 7) is 1.91. The summed E-state index contributed by atoms with van der Waals surface area (Å²) in [7, 11) is 1.50. The molecular weight excluding hydrogens is 330 g/mol. The lowest BCUT2D eigenvalue weighted by molar-refractivity contribution is -0.145. The van der Waals surface area contributed by atoms with E-state index in [1.165, 1.54) is 7.11 Å². The fourth-order valence-electron chi connectivity index (χ4n) is 2.17. The molecule has 1 N–H and O–H groups in total. The lowest BCUT2D eigenvalue weighted by atomic mass is 10.1. The molecule has 0 aliphatic heterocycles. The molecule has 0 spiro atoms. The number of rotatable bonds is 6. The number of esters is 1. The second-order valence-corrected chi connectivity index (χ2v) is 5.33. The van der Waals surface area contributed by atoms with E-state index >= 15 is 0 Å². The second-order valence-electron chi connectivity index (χ2n) is 4.92. The van der Waals surface area contributed by atoms with E-state index in [0.29, 0.717) is 21.9 Å². The van der Waals surface area contributed by atoms with Gasteiger partial charge in [-0.15, -0.1) is 0 Å². The molecule has 0 radical (unpaired) electrons. The summed E-state index contributed by atoms with van der Waals surface area (Å²) in [5, 5.41) is 3.03. The standard InChI is InChI=1S/C18H18ClNO4/c1-3-24-18(22)16(13-9-10-15(23-2)14(19)11-13)20-17(21)12-7-5-4-6-8-12/h4-11,16H,3H2,1-2H3,(H,20,21). The maximum Gasteiger partial charge on any atom is 0.333 e. The van der Waals surface area contributed by atoms with Gasteiger partial charge in [-0.25, -0.2) is 4.79 Å². The van der Waals surface area contributed by atoms with Crippen molar-refractivity contribution in [2.75, 3.05) is 13.7 Å². The van der Waals surface area contributed by atoms with E-state index in [9.17, 15) is 9.59 Å². The topological polar surface area (TPSA) is 64.6 Å². The van der Waals surface area contributed by atoms with E-state index in [1.807, 2.05) is 6.07 Å². The average Bonchev–Trinajstić information content (AvgIpc) is 2.60. The minimum absolute atomic E-state index is 0.209. The van der Waals surface area contributed by atoms with Gasteiger partial charge >= 0.3 is 5.97 Å². The minimum Gasteiger partial charge on any atom is -0.495 e. The van der Waals surface area contributed by atoms with E-state index in [1.54, 1.807) is 49.4 Å². The van der Waals surface area contributed by atoms with Crippen LogP contribution in [0.3, 0.4) is 0 Å². The number of amides is 1. The van der Waals surface area contributed by atoms with Crippen molar-refractivity contribution in [2.45, 2.75) is 13.0 Å². The number of carbonyl (C=O) groups is 2. The summed E-state index contributed by atoms with van der Waals surface area (Å²) < 4.78 is 10.2. The Morgan fingerprint density at radius 3 is 2.46 bits per heavy atom. The van der Waals surface area contributed by atoms with Crippen LogP contribution in [-0.4, -0.2) is 25.6 Å². The van der Waals surface area contributed by atoms with Gasteiger partial charge in [0.05, 0.1) is 18.7 Å². The third-order valence-corrected chi connectivity index (χ3v) is 3.64. The number of halogens is 1. The average molecular weight is 348 g/mol. The van der Waals surface area contributed by atoms with E-state index in [2.05, 4.69) is 5.32 Å². The summed E-state index contributed by atoms with van der Waals surface area (Å²) >= 11 is 6.12. The van der Waals surface area contributed by atoms with E-state index in [-0.39, 0.29) is 12.5 Å². The van der Waals surface area contributed by atoms with Gasteiger partial charge in [-0.05, 0) is 36.8 Å². The van der Waals surface area contributed by atoms with Crippen LogP contribution < -0.4 is 10.1 Å². The van der Waals surface area contributed by atoms with Crippen molar-refractivity contribution < 1.29 is 19.1 Å². The van der Waals surface area contributed by atoms with E-state index in [4.69, 9.17) is 21.1 Å². The molecule has 0 aliphatic carbocycles. The minimum atomic E-state index is -0.957. The van der Waals surface area contributed by atoms with Crippen molar-refractivity contribution in [3.05, 3.63) is 64.7 Å². The molecule has 126 valence electrons. The van der Waals surface area contributed by atoms with Gasteiger partial charge in [0.15, 0.2) is 6.04 Å². The van der Waals surface area contributed by atoms with Gasteiger partial charge in [0.1, 0.15) is 5.75 Å². The number of carbonyl (C=O) groups excluding carboxylic acids is 2. The van der Waals surface area contributed by atoms with E-state index in [0.717, 1.165) is 0 Å². The lowest BCUT2D eigenvalue weighted by Crippen LogP contribution is -2.35. The SMILES string of the molecule is CCOC(=O)C(NC(=O)c1ccccc1)c1ccc(OC)c(Cl)c1. The second kappa shape index (κ2) is 8.36. The molecule has 2 aromatic rings. The van der Waals surface area contributed by atoms with Crippen LogP contribution >= 0.6 is 11.6 Å². The monoisotopic (exact) mass is 347 g/mol. The first-order valence-corrected chi connectivity index (χ1v) is 7.80. The highest BCUT2D eigenvalue weighted by Gasteiger charge is 2.25. The van der Waals surface area contributed by atoms with Crippen molar-refractivity contribution >= 4 is 23.5 Å². The van der Waals surface area contributed by atoms with Crippen LogP contribution in [0.1, 0.15) is 28.9 Å². The largest absolute Gasteiger partial charge is 0.495 e. The molecule has 24 heavy (non-hydrogen) atoms. The Morgan fingerprint density at radius 2 is 1.88 bits per heavy atom. The third-order valence-electron chi connectivity index (χ3n) is 3.34. The summed E-state index contributed by atoms with van der Waals surface area (Å²) in [4.78, 5) is 24.6. The highest BCUT2D eigenvalue weighted by atomic mass is 35.5. The Morgan fingerprint density at radius 1 is 1.17 bits per heavy atom. The summed E-state index contributed by atoms with van der Waals surface area (Å²) in [6.07, 6.45) is 0. The molecule has 0 aliphatic rings. The fraction of sp³-hybridized carbons (Fsp3) is 0.222. The molecule has 2 aromatic carbocycles. The van der Waals surface area contributed by atoms with Gasteiger partial charge in [0.25, 0.3) is 5.91 Å². The predicted octanol–water partition coefficient (Wildman–Crippen LogP) is 3.38. The molecule has 6 heteroatoms. The Hall–Kier alpha value is -2.53. The number of methoxy groups -OCH3 is 1. The zero-order valence-electron chi connectivity index (χ0n) is 13.4. The van der Waals surface area contributed by atoms with Gasteiger partial charge in [-0.2, -0.15) is 0 Å². The Balaban J connectivity index is 2.29. The molecule has 5 nitrogen and oxygen atoms in total. The van der Waals surface area contributed by atoms with Crippen LogP contribution in [0.5, 0.6) is 5.75 Å². The molecule has 1 atom stereocenters. The normalized spacial score (nSPS) is 11.5. The van der Waals surface area contributed by atoms with Gasteiger partial charge in [0.2, 0.25) is 0 Å². The number of hydrogen-bond donors (Lipinski definition) is 1. The van der Waals surface area contributed by atoms with Crippen molar-refractivity contribution in [1.82, 2.24) is 5.32 Å². The summed E-state index contributed by atoms with van der Waals surface area (Å²) in [5.41, 5.74) is 0.968. The molecular formula is C18H18ClNO4. The molecule has 0 heterocycles. The number of hydrogen-bond acceptors (Lipinski definition) is 4. The number of ether oxygens (including phenoxy) is 2. The lowest BCUT2D eigenvalue weighted by Gasteiger charge is -2.18. The van der Waals surface area contributed by atoms with Crippen molar-refractivity contribution in [1.29, 1.82) is 0 Å². The Kier molecular flexibility index (Phi) is 6.21. The number of benzene rings is 2. The van der Waals surface area contributed by atoms with E-state index < -0.39 is 12.0 Å². The molecule has 2 rings (SSSR count). The van der Waals surface area contributed by atoms with Crippen molar-refractivity contribution in [3.63, 3.8) is 0 Å². The van der Waals surface area contributed by atoms with Gasteiger partial charge in [0, 0.05) is 5.56 Å². The maximum atomic E-state index is 12.4. The molecule has 0 bridgehead atoms. The van der Waals surface area contributed by atoms with Crippen molar-refractivity contribution in [2.24, 2.45) is 0 Å². The Labute approximate surface area is 145 Å². The van der Waals surface area contributed by atoms with Gasteiger partial charge in [-0.3, -0.25) is 4.79 Å². The smallest absolute Gasteiger partial charge is 0.333 e. The van der Waals surface area contributed by atoms with Crippen LogP contribution in [-0.2, 0) is 9.53 Å². The van der Waals surface area contributed by atoms with Gasteiger partial charge in [-0.1, -0.05) is 35.9 Å². The first-order valence-electron chi connectivity index (χ1n) is 7.42. The first kappa shape index (κ1) is 17.8. The summed E-state index contributed by atoms with van der Waals surface area (Å²) in [5.74, 6) is -0.444. The van der Waals surface area contributed by atoms with Crippen LogP contribution in [0, 0.1) is 0 Å². The maximum absolute atomic E-state index is 12.4. The highest BCUT2D eigenvalue weighted by molar-refractivity contribution is 6.32. The molecule has 1 unspecified atom stereocenters. The fourth-order valence-corrected chi connectivity index (χ4v) is 2.44. The molecule has 0 saturated carbocycles. The van der Waals surface area contributed by atoms with Crippen LogP contribution in [0.4, 0.5) is 0 Å². The third kappa shape index (κ3) is 4.26. The molecule has 0 fully saturated rings. The van der Waals surface area contributed by atoms with Gasteiger partial charge < -0.3 is 14.8 Å². The summed E-state index contributed by atoms with van der Waals surface area (Å²) in [6, 6.07) is 12.6. The molecule has 0 aromatic heterocycles. The zero-order valence-corrected chi connectivity index (χ0v) is 14.2. The Bertz CT molecular complexity index is 718. The van der Waals surface area contributed by atoms with Crippen molar-refractivity contribution in [3.8, 4) is 5.75 Å². The highest BCUT2D eigenvalue weighted by Crippen LogP contribution is 2.28. The molecule has 0 saturated heterocycles. The molecule has 1 amide bonds. The van der Waals surface area contributed by atoms with Crippen LogP contribution in [0.15, 0.2) is 48.5 Å². The quantitative estimate of drug-likeness (QED) is 0.813. The van der Waals surface area contributed by atoms with Crippen LogP contribution in [0.25, 0.3) is 0 Å². The first-order chi connectivity index (χ1) is 11.6. The zero-order chi connectivity index (χ0) is 17.5. The number of nitrogens with one attached hydrogen (secondary N) is 1. The predicted molar refractivity (Wildman–Crippen MR) is 91.3 cm³/mol. The van der Waals surface area contributed by atoms with Crippen LogP contribution in [0.2, 0.25) is 5.02 Å².